The van der Waals surface area contributed by atoms with Crippen LogP contribution in [0, 0.1) is 12.7 Å². The van der Waals surface area contributed by atoms with Crippen LogP contribution in [0.4, 0.5) is 27.4 Å². The lowest BCUT2D eigenvalue weighted by atomic mass is 10.2. The number of fused-ring (bicyclic) bond motifs is 1. The van der Waals surface area contributed by atoms with E-state index in [0.29, 0.717) is 46.0 Å². The van der Waals surface area contributed by atoms with Gasteiger partial charge in [-0.2, -0.15) is 4.98 Å². The number of anilines is 4. The number of methoxy groups -OCH3 is 1. The van der Waals surface area contributed by atoms with Crippen LogP contribution in [0.5, 0.6) is 5.75 Å². The van der Waals surface area contributed by atoms with Crippen LogP contribution in [0.2, 0.25) is 0 Å². The number of hydrogen-bond acceptors (Lipinski definition) is 8. The minimum atomic E-state index is -0.472. The molecule has 0 radical (unpaired) electrons. The fraction of sp³-hybridized carbons (Fsp3) is 0.241. The molecular weight excluding hydrogens is 513 g/mol. The number of hydrogen-bond donors (Lipinski definition) is 2. The Morgan fingerprint density at radius 2 is 1.93 bits per heavy atom. The number of nitrogens with zero attached hydrogens (tertiary/aromatic N) is 5. The molecule has 208 valence electrons. The Morgan fingerprint density at radius 1 is 1.15 bits per heavy atom. The van der Waals surface area contributed by atoms with Crippen molar-refractivity contribution in [2.24, 2.45) is 0 Å². The van der Waals surface area contributed by atoms with E-state index in [1.807, 2.05) is 32.1 Å². The van der Waals surface area contributed by atoms with Crippen LogP contribution < -0.4 is 25.8 Å². The number of aromatic nitrogens is 3. The third-order valence-corrected chi connectivity index (χ3v) is 6.33. The van der Waals surface area contributed by atoms with Gasteiger partial charge >= 0.3 is 0 Å². The molecule has 0 spiro atoms. The zero-order chi connectivity index (χ0) is 29.0. The molecule has 2 aromatic carbocycles. The zero-order valence-electron chi connectivity index (χ0n) is 23.2. The molecule has 10 nitrogen and oxygen atoms in total. The first-order valence-corrected chi connectivity index (χ1v) is 12.5. The number of carbonyl (C=O) groups is 1. The van der Waals surface area contributed by atoms with Gasteiger partial charge in [0.25, 0.3) is 5.56 Å². The average Bonchev–Trinajstić information content (AvgIpc) is 2.91. The molecule has 0 fully saturated rings. The molecule has 0 aliphatic carbocycles. The summed E-state index contributed by atoms with van der Waals surface area (Å²) in [6.45, 7) is 6.84. The molecule has 0 saturated carbocycles. The highest BCUT2D eigenvalue weighted by Crippen LogP contribution is 2.38. The number of carbonyl (C=O) groups excluding carboxylic acids is 1. The van der Waals surface area contributed by atoms with Gasteiger partial charge in [-0.25, -0.2) is 9.37 Å². The van der Waals surface area contributed by atoms with Gasteiger partial charge in [-0.05, 0) is 56.9 Å². The standard InChI is InChI=1S/C29H32FN7O3/c1-7-26(38)32-22-15-23(25(40-6)16-24(22)36(5)12-11-35(3)4)33-29-31-17-21-18(2)13-27(39)37(28(21)34-29)20-10-8-9-19(30)14-20/h7-10,13-17H,1,11-12H2,2-6H3,(H,32,38)(H,31,33,34). The summed E-state index contributed by atoms with van der Waals surface area (Å²) in [6.07, 6.45) is 2.80. The number of nitrogens with one attached hydrogen (secondary N) is 2. The smallest absolute Gasteiger partial charge is 0.257 e. The highest BCUT2D eigenvalue weighted by Gasteiger charge is 2.18. The fourth-order valence-corrected chi connectivity index (χ4v) is 4.20. The number of aryl methyl sites for hydroxylation is 1. The van der Waals surface area contributed by atoms with Crippen LogP contribution in [0.1, 0.15) is 5.56 Å². The Morgan fingerprint density at radius 3 is 2.60 bits per heavy atom. The SMILES string of the molecule is C=CC(=O)Nc1cc(Nc2ncc3c(C)cc(=O)n(-c4cccc(F)c4)c3n2)c(OC)cc1N(C)CCN(C)C. The Bertz CT molecular complexity index is 1630. The number of ether oxygens (including phenoxy) is 1. The third kappa shape index (κ3) is 6.10. The lowest BCUT2D eigenvalue weighted by Crippen LogP contribution is -2.29. The molecule has 40 heavy (non-hydrogen) atoms. The maximum atomic E-state index is 14.0. The van der Waals surface area contributed by atoms with Crippen molar-refractivity contribution in [3.63, 3.8) is 0 Å². The normalized spacial score (nSPS) is 11.0. The third-order valence-electron chi connectivity index (χ3n) is 6.33. The van der Waals surface area contributed by atoms with Crippen molar-refractivity contribution in [2.45, 2.75) is 6.92 Å². The minimum absolute atomic E-state index is 0.177. The summed E-state index contributed by atoms with van der Waals surface area (Å²) in [7, 11) is 7.44. The molecule has 2 aromatic heterocycles. The van der Waals surface area contributed by atoms with E-state index in [0.717, 1.165) is 12.2 Å². The number of benzene rings is 2. The summed E-state index contributed by atoms with van der Waals surface area (Å²) in [6, 6.07) is 10.8. The summed E-state index contributed by atoms with van der Waals surface area (Å²) in [5.41, 5.74) is 2.76. The summed E-state index contributed by atoms with van der Waals surface area (Å²) < 4.78 is 21.0. The summed E-state index contributed by atoms with van der Waals surface area (Å²) in [5.74, 6) is -0.177. The summed E-state index contributed by atoms with van der Waals surface area (Å²) >= 11 is 0. The predicted octanol–water partition coefficient (Wildman–Crippen LogP) is 4.10. The second-order valence-electron chi connectivity index (χ2n) is 9.52. The first kappa shape index (κ1) is 28.2. The number of pyridine rings is 1. The molecule has 2 N–H and O–H groups in total. The zero-order valence-corrected chi connectivity index (χ0v) is 23.2. The van der Waals surface area contributed by atoms with Crippen molar-refractivity contribution < 1.29 is 13.9 Å². The lowest BCUT2D eigenvalue weighted by Gasteiger charge is -2.26. The quantitative estimate of drug-likeness (QED) is 0.287. The number of rotatable bonds is 10. The molecule has 1 amide bonds. The average molecular weight is 546 g/mol. The molecule has 0 unspecified atom stereocenters. The lowest BCUT2D eigenvalue weighted by molar-refractivity contribution is -0.111. The summed E-state index contributed by atoms with van der Waals surface area (Å²) in [4.78, 5) is 38.4. The predicted molar refractivity (Wildman–Crippen MR) is 157 cm³/mol. The Hall–Kier alpha value is -4.77. The monoisotopic (exact) mass is 545 g/mol. The number of likely N-dealkylation sites (N-methyl/N-ethyl adjacent to an activating group) is 2. The largest absolute Gasteiger partial charge is 0.494 e. The molecular formula is C29H32FN7O3. The number of amides is 1. The van der Waals surface area contributed by atoms with Gasteiger partial charge in [-0.3, -0.25) is 14.2 Å². The second-order valence-corrected chi connectivity index (χ2v) is 9.52. The van der Waals surface area contributed by atoms with Gasteiger partial charge in [0.05, 0.1) is 29.9 Å². The van der Waals surface area contributed by atoms with Gasteiger partial charge in [-0.1, -0.05) is 12.6 Å². The molecule has 0 atom stereocenters. The van der Waals surface area contributed by atoms with Crippen LogP contribution in [-0.4, -0.2) is 66.7 Å². The van der Waals surface area contributed by atoms with Crippen LogP contribution in [0.25, 0.3) is 16.7 Å². The van der Waals surface area contributed by atoms with Gasteiger partial charge in [0, 0.05) is 43.9 Å². The molecule has 0 aliphatic rings. The first-order valence-electron chi connectivity index (χ1n) is 12.5. The fourth-order valence-electron chi connectivity index (χ4n) is 4.20. The maximum Gasteiger partial charge on any atom is 0.257 e. The van der Waals surface area contributed by atoms with E-state index in [1.165, 1.54) is 34.9 Å². The van der Waals surface area contributed by atoms with E-state index >= 15 is 0 Å². The van der Waals surface area contributed by atoms with Crippen LogP contribution in [0.3, 0.4) is 0 Å². The second kappa shape index (κ2) is 12.0. The minimum Gasteiger partial charge on any atom is -0.494 e. The molecule has 4 rings (SSSR count). The molecule has 2 heterocycles. The molecule has 0 aliphatic heterocycles. The maximum absolute atomic E-state index is 14.0. The van der Waals surface area contributed by atoms with Crippen LogP contribution in [0.15, 0.2) is 66.1 Å². The van der Waals surface area contributed by atoms with Gasteiger partial charge in [0.1, 0.15) is 11.6 Å². The Labute approximate surface area is 231 Å². The van der Waals surface area contributed by atoms with E-state index in [-0.39, 0.29) is 17.4 Å². The topological polar surface area (TPSA) is 105 Å². The number of halogens is 1. The van der Waals surface area contributed by atoms with E-state index in [4.69, 9.17) is 4.74 Å². The van der Waals surface area contributed by atoms with Gasteiger partial charge in [0.15, 0.2) is 5.65 Å². The van der Waals surface area contributed by atoms with Crippen LogP contribution in [-0.2, 0) is 4.79 Å². The van der Waals surface area contributed by atoms with Gasteiger partial charge in [-0.15, -0.1) is 0 Å². The van der Waals surface area contributed by atoms with Crippen molar-refractivity contribution >= 4 is 40.0 Å². The van der Waals surface area contributed by atoms with E-state index in [1.54, 1.807) is 32.4 Å². The van der Waals surface area contributed by atoms with E-state index < -0.39 is 5.82 Å². The molecule has 0 bridgehead atoms. The highest BCUT2D eigenvalue weighted by molar-refractivity contribution is 6.02. The van der Waals surface area contributed by atoms with Gasteiger partial charge < -0.3 is 25.2 Å². The Kier molecular flexibility index (Phi) is 8.44. The molecule has 0 saturated heterocycles. The summed E-state index contributed by atoms with van der Waals surface area (Å²) in [5, 5.41) is 6.65. The van der Waals surface area contributed by atoms with E-state index in [2.05, 4.69) is 32.1 Å². The molecule has 11 heteroatoms. The highest BCUT2D eigenvalue weighted by atomic mass is 19.1. The van der Waals surface area contributed by atoms with Crippen molar-refractivity contribution in [2.75, 3.05) is 56.9 Å². The van der Waals surface area contributed by atoms with Crippen molar-refractivity contribution in [1.82, 2.24) is 19.4 Å². The first-order chi connectivity index (χ1) is 19.1. The van der Waals surface area contributed by atoms with Crippen molar-refractivity contribution in [3.05, 3.63) is 83.1 Å². The van der Waals surface area contributed by atoms with Gasteiger partial charge in [0.2, 0.25) is 11.9 Å². The van der Waals surface area contributed by atoms with E-state index in [9.17, 15) is 14.0 Å². The molecule has 4 aromatic rings. The van der Waals surface area contributed by atoms with Crippen LogP contribution >= 0.6 is 0 Å². The van der Waals surface area contributed by atoms with Crippen molar-refractivity contribution in [1.29, 1.82) is 0 Å². The van der Waals surface area contributed by atoms with Crippen molar-refractivity contribution in [3.8, 4) is 11.4 Å². The Balaban J connectivity index is 1.82.